The molecule has 1 aromatic rings. The Morgan fingerprint density at radius 3 is 2.58 bits per heavy atom. The quantitative estimate of drug-likeness (QED) is 0.664. The first-order valence-corrected chi connectivity index (χ1v) is 9.02. The molecule has 0 saturated carbocycles. The molecule has 2 aliphatic rings. The molecule has 0 aromatic heterocycles. The molecular weight excluding hydrogens is 332 g/mol. The van der Waals surface area contributed by atoms with Gasteiger partial charge in [-0.3, -0.25) is 9.59 Å². The van der Waals surface area contributed by atoms with Gasteiger partial charge in [-0.1, -0.05) is 30.4 Å². The van der Waals surface area contributed by atoms with Gasteiger partial charge in [0.25, 0.3) is 5.91 Å². The Bertz CT molecular complexity index is 701. The topological polar surface area (TPSA) is 75.7 Å². The van der Waals surface area contributed by atoms with Gasteiger partial charge in [-0.25, -0.2) is 4.79 Å². The van der Waals surface area contributed by atoms with Gasteiger partial charge in [-0.15, -0.1) is 0 Å². The van der Waals surface area contributed by atoms with E-state index in [0.29, 0.717) is 18.4 Å². The van der Waals surface area contributed by atoms with Gasteiger partial charge in [0, 0.05) is 11.6 Å². The normalized spacial score (nSPS) is 25.7. The standard InChI is InChI=1S/C20H24N2O4/c1-26-20(25)17-13-7-11-15-10-5-6-12-16(19(24)22(15)17)21-18(23)14-8-3-2-4-9-14/h2-6,8-9,15-17H,7,10-13H2,1H3,(H,21,23)/t15-,16-,17-/m0/s1. The summed E-state index contributed by atoms with van der Waals surface area (Å²) in [6.07, 6.45) is 7.43. The van der Waals surface area contributed by atoms with Crippen LogP contribution in [0, 0.1) is 0 Å². The van der Waals surface area contributed by atoms with E-state index in [9.17, 15) is 14.4 Å². The fourth-order valence-electron chi connectivity index (χ4n) is 3.73. The Morgan fingerprint density at radius 2 is 1.85 bits per heavy atom. The number of hydrogen-bond acceptors (Lipinski definition) is 4. The number of nitrogens with zero attached hydrogens (tertiary/aromatic N) is 1. The number of esters is 1. The minimum Gasteiger partial charge on any atom is -0.467 e. The van der Waals surface area contributed by atoms with E-state index in [1.54, 1.807) is 29.2 Å². The maximum Gasteiger partial charge on any atom is 0.328 e. The maximum absolute atomic E-state index is 13.2. The SMILES string of the molecule is COC(=O)[C@@H]1CCC[C@@H]2CC=CC[C@H](NC(=O)c3ccccc3)C(=O)N21. The van der Waals surface area contributed by atoms with Gasteiger partial charge in [0.2, 0.25) is 5.91 Å². The molecule has 0 bridgehead atoms. The molecule has 6 nitrogen and oxygen atoms in total. The maximum atomic E-state index is 13.2. The molecular formula is C20H24N2O4. The zero-order valence-corrected chi connectivity index (χ0v) is 14.9. The van der Waals surface area contributed by atoms with Crippen LogP contribution < -0.4 is 5.32 Å². The summed E-state index contributed by atoms with van der Waals surface area (Å²) in [6, 6.07) is 7.51. The highest BCUT2D eigenvalue weighted by Crippen LogP contribution is 2.28. The lowest BCUT2D eigenvalue weighted by Crippen LogP contribution is -2.59. The molecule has 26 heavy (non-hydrogen) atoms. The number of benzene rings is 1. The number of ether oxygens (including phenoxy) is 1. The third-order valence-corrected chi connectivity index (χ3v) is 5.06. The average Bonchev–Trinajstić information content (AvgIpc) is 2.68. The van der Waals surface area contributed by atoms with Gasteiger partial charge in [-0.2, -0.15) is 0 Å². The van der Waals surface area contributed by atoms with Crippen LogP contribution in [-0.4, -0.2) is 47.9 Å². The predicted octanol–water partition coefficient (Wildman–Crippen LogP) is 2.06. The summed E-state index contributed by atoms with van der Waals surface area (Å²) in [4.78, 5) is 39.5. The third kappa shape index (κ3) is 3.79. The Morgan fingerprint density at radius 1 is 1.12 bits per heavy atom. The molecule has 1 fully saturated rings. The molecule has 0 spiro atoms. The van der Waals surface area contributed by atoms with Crippen LogP contribution in [0.4, 0.5) is 0 Å². The van der Waals surface area contributed by atoms with Crippen LogP contribution in [0.1, 0.15) is 42.5 Å². The van der Waals surface area contributed by atoms with E-state index in [4.69, 9.17) is 4.74 Å². The number of piperidine rings is 1. The van der Waals surface area contributed by atoms with E-state index in [0.717, 1.165) is 19.3 Å². The number of methoxy groups -OCH3 is 1. The van der Waals surface area contributed by atoms with Crippen molar-refractivity contribution >= 4 is 17.8 Å². The van der Waals surface area contributed by atoms with E-state index >= 15 is 0 Å². The van der Waals surface area contributed by atoms with Crippen molar-refractivity contribution in [3.8, 4) is 0 Å². The number of carbonyl (C=O) groups is 3. The molecule has 0 unspecified atom stereocenters. The zero-order valence-electron chi connectivity index (χ0n) is 14.9. The van der Waals surface area contributed by atoms with Gasteiger partial charge in [-0.05, 0) is 44.2 Å². The van der Waals surface area contributed by atoms with E-state index in [-0.39, 0.29) is 23.8 Å². The molecule has 2 amide bonds. The van der Waals surface area contributed by atoms with Crippen molar-refractivity contribution in [1.29, 1.82) is 0 Å². The van der Waals surface area contributed by atoms with Gasteiger partial charge in [0.1, 0.15) is 12.1 Å². The smallest absolute Gasteiger partial charge is 0.328 e. The molecule has 1 saturated heterocycles. The Balaban J connectivity index is 1.83. The Kier molecular flexibility index (Phi) is 5.71. The molecule has 138 valence electrons. The van der Waals surface area contributed by atoms with Crippen LogP contribution >= 0.6 is 0 Å². The van der Waals surface area contributed by atoms with E-state index in [1.165, 1.54) is 7.11 Å². The van der Waals surface area contributed by atoms with Gasteiger partial charge >= 0.3 is 5.97 Å². The van der Waals surface area contributed by atoms with Crippen molar-refractivity contribution < 1.29 is 19.1 Å². The van der Waals surface area contributed by atoms with Crippen molar-refractivity contribution in [2.45, 2.75) is 50.2 Å². The molecule has 6 heteroatoms. The van der Waals surface area contributed by atoms with Crippen molar-refractivity contribution in [2.24, 2.45) is 0 Å². The first-order chi connectivity index (χ1) is 12.6. The molecule has 2 heterocycles. The number of carbonyl (C=O) groups excluding carboxylic acids is 3. The summed E-state index contributed by atoms with van der Waals surface area (Å²) in [5, 5.41) is 2.83. The summed E-state index contributed by atoms with van der Waals surface area (Å²) < 4.78 is 4.91. The number of fused-ring (bicyclic) bond motifs is 1. The van der Waals surface area contributed by atoms with Gasteiger partial charge in [0.15, 0.2) is 0 Å². The average molecular weight is 356 g/mol. The predicted molar refractivity (Wildman–Crippen MR) is 96.4 cm³/mol. The van der Waals surface area contributed by atoms with Crippen LogP contribution in [0.3, 0.4) is 0 Å². The van der Waals surface area contributed by atoms with E-state index in [2.05, 4.69) is 5.32 Å². The largest absolute Gasteiger partial charge is 0.467 e. The first-order valence-electron chi connectivity index (χ1n) is 9.02. The lowest BCUT2D eigenvalue weighted by atomic mass is 9.90. The lowest BCUT2D eigenvalue weighted by molar-refractivity contribution is -0.158. The highest BCUT2D eigenvalue weighted by Gasteiger charge is 2.41. The van der Waals surface area contributed by atoms with Crippen molar-refractivity contribution in [3.05, 3.63) is 48.0 Å². The van der Waals surface area contributed by atoms with Crippen molar-refractivity contribution in [2.75, 3.05) is 7.11 Å². The molecule has 1 N–H and O–H groups in total. The monoisotopic (exact) mass is 356 g/mol. The summed E-state index contributed by atoms with van der Waals surface area (Å²) in [7, 11) is 1.34. The second-order valence-electron chi connectivity index (χ2n) is 6.70. The van der Waals surface area contributed by atoms with Gasteiger partial charge in [0.05, 0.1) is 7.11 Å². The number of rotatable bonds is 3. The first kappa shape index (κ1) is 18.2. The number of nitrogens with one attached hydrogen (secondary N) is 1. The van der Waals surface area contributed by atoms with Crippen molar-refractivity contribution in [3.63, 3.8) is 0 Å². The lowest BCUT2D eigenvalue weighted by Gasteiger charge is -2.42. The molecule has 3 rings (SSSR count). The molecule has 0 radical (unpaired) electrons. The summed E-state index contributed by atoms with van der Waals surface area (Å²) in [5.41, 5.74) is 0.506. The molecule has 2 aliphatic heterocycles. The molecule has 3 atom stereocenters. The summed E-state index contributed by atoms with van der Waals surface area (Å²) in [6.45, 7) is 0. The minimum atomic E-state index is -0.688. The fourth-order valence-corrected chi connectivity index (χ4v) is 3.73. The van der Waals surface area contributed by atoms with Crippen LogP contribution in [-0.2, 0) is 14.3 Å². The van der Waals surface area contributed by atoms with E-state index < -0.39 is 12.1 Å². The fraction of sp³-hybridized carbons (Fsp3) is 0.450. The summed E-state index contributed by atoms with van der Waals surface area (Å²) in [5.74, 6) is -0.888. The summed E-state index contributed by atoms with van der Waals surface area (Å²) >= 11 is 0. The zero-order chi connectivity index (χ0) is 18.5. The van der Waals surface area contributed by atoms with Crippen LogP contribution in [0.25, 0.3) is 0 Å². The molecule has 0 aliphatic carbocycles. The van der Waals surface area contributed by atoms with Crippen LogP contribution in [0.2, 0.25) is 0 Å². The minimum absolute atomic E-state index is 0.0342. The Labute approximate surface area is 153 Å². The van der Waals surface area contributed by atoms with Gasteiger partial charge < -0.3 is 15.0 Å². The second kappa shape index (κ2) is 8.17. The number of hydrogen-bond donors (Lipinski definition) is 1. The highest BCUT2D eigenvalue weighted by molar-refractivity contribution is 5.98. The van der Waals surface area contributed by atoms with Crippen molar-refractivity contribution in [1.82, 2.24) is 10.2 Å². The molecule has 1 aromatic carbocycles. The van der Waals surface area contributed by atoms with Crippen LogP contribution in [0.5, 0.6) is 0 Å². The second-order valence-corrected chi connectivity index (χ2v) is 6.70. The third-order valence-electron chi connectivity index (χ3n) is 5.06. The highest BCUT2D eigenvalue weighted by atomic mass is 16.5. The van der Waals surface area contributed by atoms with Crippen LogP contribution in [0.15, 0.2) is 42.5 Å². The van der Waals surface area contributed by atoms with E-state index in [1.807, 2.05) is 18.2 Å². The Hall–Kier alpha value is -2.63. The number of amides is 2.